The van der Waals surface area contributed by atoms with Gasteiger partial charge in [0.1, 0.15) is 6.33 Å². The van der Waals surface area contributed by atoms with Gasteiger partial charge in [-0.15, -0.1) is 0 Å². The van der Waals surface area contributed by atoms with Crippen LogP contribution >= 0.6 is 11.5 Å². The van der Waals surface area contributed by atoms with E-state index in [0.29, 0.717) is 5.13 Å². The van der Waals surface area contributed by atoms with Crippen molar-refractivity contribution in [1.29, 1.82) is 0 Å². The zero-order valence-corrected chi connectivity index (χ0v) is 13.3. The highest BCUT2D eigenvalue weighted by Gasteiger charge is 2.16. The van der Waals surface area contributed by atoms with E-state index in [0.717, 1.165) is 36.0 Å². The summed E-state index contributed by atoms with van der Waals surface area (Å²) in [4.78, 5) is 18.4. The quantitative estimate of drug-likeness (QED) is 0.909. The van der Waals surface area contributed by atoms with Crippen molar-refractivity contribution in [2.45, 2.75) is 26.2 Å². The average molecular weight is 317 g/mol. The highest BCUT2D eigenvalue weighted by molar-refractivity contribution is 7.09. The van der Waals surface area contributed by atoms with Gasteiger partial charge in [0, 0.05) is 24.6 Å². The van der Waals surface area contributed by atoms with Gasteiger partial charge in [-0.25, -0.2) is 9.78 Å². The van der Waals surface area contributed by atoms with Gasteiger partial charge >= 0.3 is 6.03 Å². The van der Waals surface area contributed by atoms with Crippen LogP contribution in [-0.4, -0.2) is 28.5 Å². The van der Waals surface area contributed by atoms with Crippen LogP contribution in [0.25, 0.3) is 0 Å². The van der Waals surface area contributed by atoms with Crippen molar-refractivity contribution in [3.05, 3.63) is 30.1 Å². The molecule has 0 aliphatic carbocycles. The number of rotatable bonds is 3. The van der Waals surface area contributed by atoms with Crippen molar-refractivity contribution >= 4 is 34.1 Å². The Hall–Kier alpha value is -2.15. The molecule has 22 heavy (non-hydrogen) atoms. The van der Waals surface area contributed by atoms with Crippen molar-refractivity contribution in [2.75, 3.05) is 28.6 Å². The zero-order chi connectivity index (χ0) is 15.4. The monoisotopic (exact) mass is 317 g/mol. The van der Waals surface area contributed by atoms with Gasteiger partial charge in [-0.3, -0.25) is 5.32 Å². The van der Waals surface area contributed by atoms with Crippen LogP contribution in [0.5, 0.6) is 0 Å². The standard InChI is InChI=1S/C15H19N5OS/c1-11-5-6-12(13(9-11)20-7-3-2-4-8-20)18-14(21)19-15-16-10-17-22-15/h5-6,9-10H,2-4,7-8H2,1H3,(H2,16,17,18,19,21). The molecule has 6 nitrogen and oxygen atoms in total. The SMILES string of the molecule is Cc1ccc(NC(=O)Nc2ncns2)c(N2CCCCC2)c1. The van der Waals surface area contributed by atoms with Crippen LogP contribution in [0.1, 0.15) is 24.8 Å². The van der Waals surface area contributed by atoms with Crippen LogP contribution in [0, 0.1) is 6.92 Å². The van der Waals surface area contributed by atoms with Crippen molar-refractivity contribution < 1.29 is 4.79 Å². The number of aryl methyl sites for hydroxylation is 1. The summed E-state index contributed by atoms with van der Waals surface area (Å²) in [6.07, 6.45) is 5.10. The molecule has 116 valence electrons. The van der Waals surface area contributed by atoms with E-state index in [1.165, 1.54) is 31.2 Å². The number of aromatic nitrogens is 2. The van der Waals surface area contributed by atoms with E-state index in [1.54, 1.807) is 0 Å². The first kappa shape index (κ1) is 14.8. The topological polar surface area (TPSA) is 70.1 Å². The number of carbonyl (C=O) groups excluding carboxylic acids is 1. The maximum absolute atomic E-state index is 12.1. The van der Waals surface area contributed by atoms with Crippen molar-refractivity contribution in [1.82, 2.24) is 9.36 Å². The third kappa shape index (κ3) is 3.54. The van der Waals surface area contributed by atoms with Gasteiger partial charge in [0.15, 0.2) is 0 Å². The Morgan fingerprint density at radius 3 is 2.77 bits per heavy atom. The fourth-order valence-corrected chi connectivity index (χ4v) is 3.05. The van der Waals surface area contributed by atoms with E-state index in [-0.39, 0.29) is 6.03 Å². The Bertz CT molecular complexity index is 637. The van der Waals surface area contributed by atoms with E-state index in [2.05, 4.69) is 37.9 Å². The van der Waals surface area contributed by atoms with Gasteiger partial charge in [-0.1, -0.05) is 6.07 Å². The van der Waals surface area contributed by atoms with Gasteiger partial charge in [0.2, 0.25) is 5.13 Å². The molecule has 0 radical (unpaired) electrons. The van der Waals surface area contributed by atoms with Gasteiger partial charge in [0.25, 0.3) is 0 Å². The molecule has 1 aliphatic rings. The molecule has 2 heterocycles. The van der Waals surface area contributed by atoms with Crippen LogP contribution in [0.4, 0.5) is 21.3 Å². The molecule has 1 aromatic heterocycles. The van der Waals surface area contributed by atoms with E-state index >= 15 is 0 Å². The summed E-state index contributed by atoms with van der Waals surface area (Å²) in [6.45, 7) is 4.14. The first-order valence-corrected chi connectivity index (χ1v) is 8.20. The lowest BCUT2D eigenvalue weighted by Crippen LogP contribution is -2.31. The summed E-state index contributed by atoms with van der Waals surface area (Å²) < 4.78 is 3.86. The van der Waals surface area contributed by atoms with E-state index in [4.69, 9.17) is 0 Å². The first-order chi connectivity index (χ1) is 10.7. The summed E-state index contributed by atoms with van der Waals surface area (Å²) in [7, 11) is 0. The van der Waals surface area contributed by atoms with Gasteiger partial charge in [0.05, 0.1) is 11.4 Å². The van der Waals surface area contributed by atoms with Crippen molar-refractivity contribution in [3.8, 4) is 0 Å². The van der Waals surface area contributed by atoms with Crippen molar-refractivity contribution in [2.24, 2.45) is 0 Å². The number of nitrogens with one attached hydrogen (secondary N) is 2. The van der Waals surface area contributed by atoms with Crippen molar-refractivity contribution in [3.63, 3.8) is 0 Å². The van der Waals surface area contributed by atoms with Gasteiger partial charge in [-0.05, 0) is 43.9 Å². The summed E-state index contributed by atoms with van der Waals surface area (Å²) in [5.74, 6) is 0. The second kappa shape index (κ2) is 6.74. The number of anilines is 3. The first-order valence-electron chi connectivity index (χ1n) is 7.42. The smallest absolute Gasteiger partial charge is 0.325 e. The largest absolute Gasteiger partial charge is 0.370 e. The third-order valence-corrected chi connectivity index (χ3v) is 4.26. The number of hydrogen-bond donors (Lipinski definition) is 2. The number of urea groups is 1. The second-order valence-electron chi connectivity index (χ2n) is 5.39. The summed E-state index contributed by atoms with van der Waals surface area (Å²) >= 11 is 1.15. The molecule has 1 saturated heterocycles. The van der Waals surface area contributed by atoms with Crippen LogP contribution < -0.4 is 15.5 Å². The molecule has 0 saturated carbocycles. The van der Waals surface area contributed by atoms with Gasteiger partial charge in [-0.2, -0.15) is 4.37 Å². The molecular weight excluding hydrogens is 298 g/mol. The summed E-state index contributed by atoms with van der Waals surface area (Å²) in [6, 6.07) is 5.80. The molecule has 3 rings (SSSR count). The molecule has 2 N–H and O–H groups in total. The van der Waals surface area contributed by atoms with E-state index in [9.17, 15) is 4.79 Å². The lowest BCUT2D eigenvalue weighted by Gasteiger charge is -2.30. The average Bonchev–Trinajstić information content (AvgIpc) is 3.03. The number of benzene rings is 1. The highest BCUT2D eigenvalue weighted by atomic mass is 32.1. The van der Waals surface area contributed by atoms with Crippen LogP contribution in [0.2, 0.25) is 0 Å². The fraction of sp³-hybridized carbons (Fsp3) is 0.400. The second-order valence-corrected chi connectivity index (χ2v) is 6.17. The number of piperidine rings is 1. The number of carbonyl (C=O) groups is 1. The minimum atomic E-state index is -0.293. The Morgan fingerprint density at radius 2 is 2.05 bits per heavy atom. The molecule has 1 aliphatic heterocycles. The van der Waals surface area contributed by atoms with Gasteiger partial charge < -0.3 is 10.2 Å². The lowest BCUT2D eigenvalue weighted by molar-refractivity contribution is 0.262. The molecule has 2 amide bonds. The number of amides is 2. The predicted octanol–water partition coefficient (Wildman–Crippen LogP) is 3.48. The fourth-order valence-electron chi connectivity index (χ4n) is 2.62. The summed E-state index contributed by atoms with van der Waals surface area (Å²) in [5, 5.41) is 6.10. The molecule has 7 heteroatoms. The van der Waals surface area contributed by atoms with Crippen LogP contribution in [-0.2, 0) is 0 Å². The van der Waals surface area contributed by atoms with E-state index in [1.807, 2.05) is 12.1 Å². The van der Waals surface area contributed by atoms with Crippen LogP contribution in [0.15, 0.2) is 24.5 Å². The number of nitrogens with zero attached hydrogens (tertiary/aromatic N) is 3. The number of hydrogen-bond acceptors (Lipinski definition) is 5. The zero-order valence-electron chi connectivity index (χ0n) is 12.5. The Kier molecular flexibility index (Phi) is 4.53. The highest BCUT2D eigenvalue weighted by Crippen LogP contribution is 2.29. The maximum Gasteiger partial charge on any atom is 0.325 e. The molecule has 0 atom stereocenters. The molecule has 0 spiro atoms. The third-order valence-electron chi connectivity index (χ3n) is 3.68. The lowest BCUT2D eigenvalue weighted by atomic mass is 10.1. The Labute approximate surface area is 133 Å². The minimum Gasteiger partial charge on any atom is -0.370 e. The Balaban J connectivity index is 1.76. The van der Waals surface area contributed by atoms with Crippen LogP contribution in [0.3, 0.4) is 0 Å². The molecule has 1 aromatic carbocycles. The molecule has 0 unspecified atom stereocenters. The maximum atomic E-state index is 12.1. The van der Waals surface area contributed by atoms with E-state index < -0.39 is 0 Å². The molecule has 0 bridgehead atoms. The molecule has 2 aromatic rings. The summed E-state index contributed by atoms with van der Waals surface area (Å²) in [5.41, 5.74) is 3.11. The Morgan fingerprint density at radius 1 is 1.23 bits per heavy atom. The predicted molar refractivity (Wildman–Crippen MR) is 89.8 cm³/mol. The molecular formula is C15H19N5OS. The normalized spacial score (nSPS) is 14.7. The molecule has 1 fully saturated rings. The minimum absolute atomic E-state index is 0.293.